The van der Waals surface area contributed by atoms with E-state index >= 15 is 0 Å². The zero-order valence-electron chi connectivity index (χ0n) is 9.98. The summed E-state index contributed by atoms with van der Waals surface area (Å²) in [6.07, 6.45) is 1.04. The Morgan fingerprint density at radius 1 is 1.31 bits per heavy atom. The van der Waals surface area contributed by atoms with Gasteiger partial charge in [-0.05, 0) is 37.4 Å². The Hall–Kier alpha value is -0.510. The number of rotatable bonds is 3. The topological polar surface area (TPSA) is 28.4 Å². The van der Waals surface area contributed by atoms with E-state index in [4.69, 9.17) is 16.0 Å². The number of nitrogens with zero attached hydrogens (tertiary/aromatic N) is 1. The lowest BCUT2D eigenvalue weighted by atomic mass is 10.1. The van der Waals surface area contributed by atoms with E-state index in [1.807, 2.05) is 13.8 Å². The molecule has 0 bridgehead atoms. The van der Waals surface area contributed by atoms with Crippen molar-refractivity contribution < 1.29 is 4.42 Å². The van der Waals surface area contributed by atoms with Gasteiger partial charge in [0.2, 0.25) is 0 Å². The van der Waals surface area contributed by atoms with Crippen LogP contribution in [-0.4, -0.2) is 37.6 Å². The molecule has 2 rings (SSSR count). The molecule has 1 saturated heterocycles. The lowest BCUT2D eigenvalue weighted by Gasteiger charge is -2.27. The molecule has 1 aromatic rings. The molecule has 0 spiro atoms. The highest BCUT2D eigenvalue weighted by atomic mass is 35.5. The van der Waals surface area contributed by atoms with E-state index in [1.54, 1.807) is 0 Å². The second kappa shape index (κ2) is 5.21. The van der Waals surface area contributed by atoms with Gasteiger partial charge in [-0.15, -0.1) is 0 Å². The fourth-order valence-electron chi connectivity index (χ4n) is 2.22. The van der Waals surface area contributed by atoms with E-state index in [-0.39, 0.29) is 0 Å². The number of halogens is 1. The average molecular weight is 243 g/mol. The first-order valence-corrected chi connectivity index (χ1v) is 6.23. The molecule has 0 amide bonds. The zero-order chi connectivity index (χ0) is 11.5. The monoisotopic (exact) mass is 242 g/mol. The fourth-order valence-corrected chi connectivity index (χ4v) is 2.45. The minimum atomic E-state index is 0.549. The highest BCUT2D eigenvalue weighted by molar-refractivity contribution is 6.29. The molecule has 1 aliphatic rings. The number of hydrogen-bond acceptors (Lipinski definition) is 3. The first kappa shape index (κ1) is 12.0. The fraction of sp³-hybridized carbons (Fsp3) is 0.667. The van der Waals surface area contributed by atoms with Crippen LogP contribution in [0.5, 0.6) is 0 Å². The van der Waals surface area contributed by atoms with Gasteiger partial charge in [-0.1, -0.05) is 0 Å². The Morgan fingerprint density at radius 3 is 2.56 bits per heavy atom. The van der Waals surface area contributed by atoms with Crippen LogP contribution >= 0.6 is 11.6 Å². The average Bonchev–Trinajstić information content (AvgIpc) is 2.53. The van der Waals surface area contributed by atoms with Crippen molar-refractivity contribution in [3.63, 3.8) is 0 Å². The second-order valence-corrected chi connectivity index (χ2v) is 4.72. The number of nitrogens with one attached hydrogen (secondary N) is 1. The van der Waals surface area contributed by atoms with Gasteiger partial charge in [0.1, 0.15) is 5.76 Å². The van der Waals surface area contributed by atoms with Gasteiger partial charge < -0.3 is 14.6 Å². The molecule has 16 heavy (non-hydrogen) atoms. The Balaban J connectivity index is 1.93. The molecular formula is C12H19ClN2O. The lowest BCUT2D eigenvalue weighted by Crippen LogP contribution is -2.44. The molecule has 1 fully saturated rings. The van der Waals surface area contributed by atoms with Crippen LogP contribution in [0.1, 0.15) is 16.9 Å². The summed E-state index contributed by atoms with van der Waals surface area (Å²) in [4.78, 5) is 2.48. The third-order valence-electron chi connectivity index (χ3n) is 3.30. The zero-order valence-corrected chi connectivity index (χ0v) is 10.7. The quantitative estimate of drug-likeness (QED) is 0.879. The normalized spacial score (nSPS) is 17.9. The van der Waals surface area contributed by atoms with Gasteiger partial charge in [0, 0.05) is 38.3 Å². The molecule has 0 aliphatic carbocycles. The molecule has 0 atom stereocenters. The standard InChI is InChI=1S/C12H19ClN2O/c1-9-11(10(2)16-12(9)13)3-6-15-7-4-14-5-8-15/h14H,3-8H2,1-2H3. The number of aryl methyl sites for hydroxylation is 1. The third kappa shape index (κ3) is 2.59. The molecule has 4 heteroatoms. The van der Waals surface area contributed by atoms with Crippen LogP contribution in [0.3, 0.4) is 0 Å². The van der Waals surface area contributed by atoms with Crippen molar-refractivity contribution in [2.24, 2.45) is 0 Å². The van der Waals surface area contributed by atoms with Gasteiger partial charge in [-0.25, -0.2) is 0 Å². The number of piperazine rings is 1. The van der Waals surface area contributed by atoms with Crippen LogP contribution < -0.4 is 5.32 Å². The summed E-state index contributed by atoms with van der Waals surface area (Å²) in [7, 11) is 0. The largest absolute Gasteiger partial charge is 0.449 e. The summed E-state index contributed by atoms with van der Waals surface area (Å²) in [6.45, 7) is 9.61. The maximum atomic E-state index is 5.97. The number of furan rings is 1. The van der Waals surface area contributed by atoms with E-state index in [1.165, 1.54) is 5.56 Å². The molecule has 0 aromatic carbocycles. The second-order valence-electron chi connectivity index (χ2n) is 4.38. The maximum Gasteiger partial charge on any atom is 0.196 e. The van der Waals surface area contributed by atoms with Crippen molar-refractivity contribution >= 4 is 11.6 Å². The third-order valence-corrected chi connectivity index (χ3v) is 3.66. The van der Waals surface area contributed by atoms with Gasteiger partial charge in [-0.2, -0.15) is 0 Å². The predicted molar refractivity (Wildman–Crippen MR) is 66.2 cm³/mol. The Kier molecular flexibility index (Phi) is 3.90. The van der Waals surface area contributed by atoms with Crippen LogP contribution in [0.4, 0.5) is 0 Å². The molecule has 3 nitrogen and oxygen atoms in total. The minimum absolute atomic E-state index is 0.549. The van der Waals surface area contributed by atoms with Crippen molar-refractivity contribution in [2.45, 2.75) is 20.3 Å². The highest BCUT2D eigenvalue weighted by Gasteiger charge is 2.15. The van der Waals surface area contributed by atoms with Gasteiger partial charge in [-0.3, -0.25) is 0 Å². The Morgan fingerprint density at radius 2 is 2.00 bits per heavy atom. The van der Waals surface area contributed by atoms with Crippen LogP contribution in [0.15, 0.2) is 4.42 Å². The molecule has 0 unspecified atom stereocenters. The van der Waals surface area contributed by atoms with Gasteiger partial charge in [0.05, 0.1) is 0 Å². The van der Waals surface area contributed by atoms with Crippen LogP contribution in [0.25, 0.3) is 0 Å². The van der Waals surface area contributed by atoms with Crippen molar-refractivity contribution in [1.29, 1.82) is 0 Å². The van der Waals surface area contributed by atoms with Gasteiger partial charge >= 0.3 is 0 Å². The van der Waals surface area contributed by atoms with Crippen molar-refractivity contribution in [2.75, 3.05) is 32.7 Å². The summed E-state index contributed by atoms with van der Waals surface area (Å²) in [5, 5.41) is 3.91. The highest BCUT2D eigenvalue weighted by Crippen LogP contribution is 2.26. The molecule has 1 aromatic heterocycles. The summed E-state index contributed by atoms with van der Waals surface area (Å²) in [6, 6.07) is 0. The molecular weight excluding hydrogens is 224 g/mol. The SMILES string of the molecule is Cc1oc(Cl)c(C)c1CCN1CCNCC1. The summed E-state index contributed by atoms with van der Waals surface area (Å²) >= 11 is 5.97. The molecule has 2 heterocycles. The predicted octanol–water partition coefficient (Wildman–Crippen LogP) is 2.00. The minimum Gasteiger partial charge on any atom is -0.449 e. The van der Waals surface area contributed by atoms with E-state index in [9.17, 15) is 0 Å². The first-order chi connectivity index (χ1) is 7.68. The van der Waals surface area contributed by atoms with E-state index < -0.39 is 0 Å². The van der Waals surface area contributed by atoms with E-state index in [0.717, 1.165) is 50.5 Å². The summed E-state index contributed by atoms with van der Waals surface area (Å²) < 4.78 is 5.42. The number of hydrogen-bond donors (Lipinski definition) is 1. The molecule has 0 radical (unpaired) electrons. The van der Waals surface area contributed by atoms with Crippen LogP contribution in [0, 0.1) is 13.8 Å². The lowest BCUT2D eigenvalue weighted by molar-refractivity contribution is 0.243. The van der Waals surface area contributed by atoms with Crippen LogP contribution in [-0.2, 0) is 6.42 Å². The van der Waals surface area contributed by atoms with E-state index in [2.05, 4.69) is 10.2 Å². The maximum absolute atomic E-state index is 5.97. The van der Waals surface area contributed by atoms with Crippen molar-refractivity contribution in [1.82, 2.24) is 10.2 Å². The van der Waals surface area contributed by atoms with Crippen LogP contribution in [0.2, 0.25) is 5.22 Å². The first-order valence-electron chi connectivity index (χ1n) is 5.86. The Labute approximate surface area is 102 Å². The van der Waals surface area contributed by atoms with Gasteiger partial charge in [0.25, 0.3) is 0 Å². The van der Waals surface area contributed by atoms with E-state index in [0.29, 0.717) is 5.22 Å². The molecule has 1 aliphatic heterocycles. The molecule has 1 N–H and O–H groups in total. The van der Waals surface area contributed by atoms with Crippen molar-refractivity contribution in [3.8, 4) is 0 Å². The molecule has 0 saturated carbocycles. The molecule has 90 valence electrons. The van der Waals surface area contributed by atoms with Gasteiger partial charge in [0.15, 0.2) is 5.22 Å². The summed E-state index contributed by atoms with van der Waals surface area (Å²) in [5.41, 5.74) is 2.39. The summed E-state index contributed by atoms with van der Waals surface area (Å²) in [5.74, 6) is 0.970. The smallest absolute Gasteiger partial charge is 0.196 e. The Bertz CT molecular complexity index is 356. The van der Waals surface area contributed by atoms with Crippen molar-refractivity contribution in [3.05, 3.63) is 22.1 Å².